The van der Waals surface area contributed by atoms with E-state index < -0.39 is 0 Å². The predicted octanol–water partition coefficient (Wildman–Crippen LogP) is 1.34. The van der Waals surface area contributed by atoms with Gasteiger partial charge < -0.3 is 0 Å². The van der Waals surface area contributed by atoms with Gasteiger partial charge in [-0.25, -0.2) is 0 Å². The summed E-state index contributed by atoms with van der Waals surface area (Å²) >= 11 is 0. The molecular weight excluding hydrogens is 126 g/mol. The van der Waals surface area contributed by atoms with Gasteiger partial charge in [0.25, 0.3) is 0 Å². The first-order valence-corrected chi connectivity index (χ1v) is 3.71. The first-order valence-electron chi connectivity index (χ1n) is 3.71. The van der Waals surface area contributed by atoms with Crippen molar-refractivity contribution in [1.29, 1.82) is 0 Å². The molecule has 0 unspecified atom stereocenters. The molecular formula is C7H12N3. The largest absolute Gasteiger partial charge is 0.262 e. The molecule has 0 bridgehead atoms. The van der Waals surface area contributed by atoms with E-state index in [0.717, 1.165) is 12.1 Å². The average Bonchev–Trinajstić information content (AvgIpc) is 2.41. The number of unbranched alkanes of at least 4 members (excludes halogenated alkanes) is 2. The number of aromatic amines is 1. The second-order valence-electron chi connectivity index (χ2n) is 2.36. The minimum Gasteiger partial charge on any atom is -0.262 e. The monoisotopic (exact) mass is 138 g/mol. The quantitative estimate of drug-likeness (QED) is 0.638. The minimum absolute atomic E-state index is 1.02. The maximum absolute atomic E-state index is 3.57. The summed E-state index contributed by atoms with van der Waals surface area (Å²) < 4.78 is 0. The Morgan fingerprint density at radius 1 is 1.50 bits per heavy atom. The van der Waals surface area contributed by atoms with Crippen LogP contribution in [0.5, 0.6) is 0 Å². The second-order valence-corrected chi connectivity index (χ2v) is 2.36. The molecule has 0 aliphatic heterocycles. The van der Waals surface area contributed by atoms with Crippen LogP contribution in [-0.2, 0) is 6.42 Å². The molecule has 1 N–H and O–H groups in total. The van der Waals surface area contributed by atoms with Crippen LogP contribution in [-0.4, -0.2) is 15.4 Å². The number of rotatable bonds is 4. The third kappa shape index (κ3) is 2.17. The summed E-state index contributed by atoms with van der Waals surface area (Å²) in [6.45, 7) is 2.19. The normalized spacial score (nSPS) is 10.1. The molecule has 1 aromatic rings. The van der Waals surface area contributed by atoms with E-state index in [2.05, 4.69) is 28.5 Å². The van der Waals surface area contributed by atoms with Crippen LogP contribution in [0.3, 0.4) is 0 Å². The Bertz CT molecular complexity index is 157. The molecule has 0 aliphatic rings. The summed E-state index contributed by atoms with van der Waals surface area (Å²) in [4.78, 5) is 0. The molecule has 3 nitrogen and oxygen atoms in total. The fraction of sp³-hybridized carbons (Fsp3) is 0.714. The van der Waals surface area contributed by atoms with Gasteiger partial charge in [0.05, 0.1) is 5.69 Å². The smallest absolute Gasteiger partial charge is 0.138 e. The zero-order chi connectivity index (χ0) is 7.23. The Morgan fingerprint density at radius 3 is 3.00 bits per heavy atom. The highest BCUT2D eigenvalue weighted by Gasteiger charge is 1.93. The van der Waals surface area contributed by atoms with Crippen LogP contribution in [0, 0.1) is 6.20 Å². The third-order valence-electron chi connectivity index (χ3n) is 1.45. The fourth-order valence-electron chi connectivity index (χ4n) is 0.859. The van der Waals surface area contributed by atoms with Crippen molar-refractivity contribution >= 4 is 0 Å². The molecule has 0 spiro atoms. The average molecular weight is 138 g/mol. The Hall–Kier alpha value is -0.860. The highest BCUT2D eigenvalue weighted by Crippen LogP contribution is 2.00. The van der Waals surface area contributed by atoms with Gasteiger partial charge in [-0.15, -0.1) is 5.10 Å². The van der Waals surface area contributed by atoms with Crippen LogP contribution in [0.1, 0.15) is 31.9 Å². The summed E-state index contributed by atoms with van der Waals surface area (Å²) in [5.41, 5.74) is 1.02. The highest BCUT2D eigenvalue weighted by atomic mass is 15.3. The zero-order valence-electron chi connectivity index (χ0n) is 6.22. The van der Waals surface area contributed by atoms with Gasteiger partial charge in [0.1, 0.15) is 6.20 Å². The lowest BCUT2D eigenvalue weighted by molar-refractivity contribution is 0.704. The summed E-state index contributed by atoms with van der Waals surface area (Å²) in [6, 6.07) is 0. The Labute approximate surface area is 60.8 Å². The van der Waals surface area contributed by atoms with Crippen LogP contribution < -0.4 is 0 Å². The number of hydrogen-bond donors (Lipinski definition) is 1. The maximum Gasteiger partial charge on any atom is 0.138 e. The van der Waals surface area contributed by atoms with E-state index in [1.165, 1.54) is 19.3 Å². The van der Waals surface area contributed by atoms with Crippen molar-refractivity contribution < 1.29 is 0 Å². The molecule has 10 heavy (non-hydrogen) atoms. The van der Waals surface area contributed by atoms with Crippen molar-refractivity contribution in [3.05, 3.63) is 11.9 Å². The Kier molecular flexibility index (Phi) is 2.93. The number of nitrogens with zero attached hydrogens (tertiary/aromatic N) is 2. The molecule has 0 atom stereocenters. The Morgan fingerprint density at radius 2 is 2.40 bits per heavy atom. The van der Waals surface area contributed by atoms with Crippen molar-refractivity contribution in [2.75, 3.05) is 0 Å². The van der Waals surface area contributed by atoms with E-state index in [1.807, 2.05) is 0 Å². The van der Waals surface area contributed by atoms with E-state index in [-0.39, 0.29) is 0 Å². The van der Waals surface area contributed by atoms with E-state index >= 15 is 0 Å². The first kappa shape index (κ1) is 7.25. The van der Waals surface area contributed by atoms with E-state index in [1.54, 1.807) is 0 Å². The van der Waals surface area contributed by atoms with Crippen LogP contribution in [0.25, 0.3) is 0 Å². The molecule has 0 aliphatic carbocycles. The number of H-pyrrole nitrogens is 1. The lowest BCUT2D eigenvalue weighted by Crippen LogP contribution is -1.84. The molecule has 0 saturated heterocycles. The fourth-order valence-corrected chi connectivity index (χ4v) is 0.859. The van der Waals surface area contributed by atoms with Crippen LogP contribution in [0.2, 0.25) is 0 Å². The van der Waals surface area contributed by atoms with Gasteiger partial charge in [-0.1, -0.05) is 25.0 Å². The van der Waals surface area contributed by atoms with Crippen LogP contribution in [0.15, 0.2) is 0 Å². The van der Waals surface area contributed by atoms with E-state index in [0.29, 0.717) is 0 Å². The molecule has 0 fully saturated rings. The van der Waals surface area contributed by atoms with Gasteiger partial charge in [-0.2, -0.15) is 0 Å². The minimum atomic E-state index is 1.02. The van der Waals surface area contributed by atoms with Gasteiger partial charge >= 0.3 is 0 Å². The maximum atomic E-state index is 3.57. The summed E-state index contributed by atoms with van der Waals surface area (Å²) in [6.07, 6.45) is 7.54. The SMILES string of the molecule is CCCCCc1[c]nn[nH]1. The molecule has 0 aromatic carbocycles. The van der Waals surface area contributed by atoms with Gasteiger partial charge in [0.2, 0.25) is 0 Å². The summed E-state index contributed by atoms with van der Waals surface area (Å²) in [5, 5.41) is 9.92. The van der Waals surface area contributed by atoms with Gasteiger partial charge in [0, 0.05) is 0 Å². The van der Waals surface area contributed by atoms with Crippen LogP contribution in [0.4, 0.5) is 0 Å². The molecule has 3 heteroatoms. The number of aryl methyl sites for hydroxylation is 1. The molecule has 1 heterocycles. The molecule has 1 rings (SSSR count). The predicted molar refractivity (Wildman–Crippen MR) is 38.4 cm³/mol. The van der Waals surface area contributed by atoms with E-state index in [9.17, 15) is 0 Å². The molecule has 55 valence electrons. The van der Waals surface area contributed by atoms with Crippen molar-refractivity contribution in [3.63, 3.8) is 0 Å². The zero-order valence-corrected chi connectivity index (χ0v) is 6.22. The molecule has 0 amide bonds. The highest BCUT2D eigenvalue weighted by molar-refractivity contribution is 4.87. The number of hydrogen-bond acceptors (Lipinski definition) is 2. The second kappa shape index (κ2) is 4.04. The standard InChI is InChI=1S/C7H12N3/c1-2-3-4-5-7-6-8-10-9-7/h2-5H2,1H3,(H,8,9,10). The van der Waals surface area contributed by atoms with Crippen LogP contribution >= 0.6 is 0 Å². The van der Waals surface area contributed by atoms with Crippen molar-refractivity contribution in [2.24, 2.45) is 0 Å². The van der Waals surface area contributed by atoms with Crippen molar-refractivity contribution in [3.8, 4) is 0 Å². The van der Waals surface area contributed by atoms with Crippen molar-refractivity contribution in [2.45, 2.75) is 32.6 Å². The van der Waals surface area contributed by atoms with Crippen molar-refractivity contribution in [1.82, 2.24) is 15.4 Å². The third-order valence-corrected chi connectivity index (χ3v) is 1.45. The summed E-state index contributed by atoms with van der Waals surface area (Å²) in [5.74, 6) is 0. The number of nitrogens with one attached hydrogen (secondary N) is 1. The summed E-state index contributed by atoms with van der Waals surface area (Å²) in [7, 11) is 0. The van der Waals surface area contributed by atoms with Gasteiger partial charge in [-0.3, -0.25) is 5.10 Å². The molecule has 1 aromatic heterocycles. The lowest BCUT2D eigenvalue weighted by atomic mass is 10.2. The van der Waals surface area contributed by atoms with E-state index in [4.69, 9.17) is 0 Å². The molecule has 1 radical (unpaired) electrons. The Balaban J connectivity index is 2.15. The topological polar surface area (TPSA) is 41.6 Å². The first-order chi connectivity index (χ1) is 4.93. The lowest BCUT2D eigenvalue weighted by Gasteiger charge is -1.92. The number of aromatic nitrogens is 3. The van der Waals surface area contributed by atoms with Gasteiger partial charge in [0.15, 0.2) is 0 Å². The molecule has 0 saturated carbocycles. The van der Waals surface area contributed by atoms with Gasteiger partial charge in [-0.05, 0) is 12.8 Å².